The minimum atomic E-state index is -0.522. The standard InChI is InChI=1S/C19H24Cl2N2O/c1-4-14(2)23(19(24)15(3)20)13-17-9-7-11-22(17)12-16-8-5-6-10-18(16)21/h5-11,14-15H,4,12-13H2,1-3H3/t14-,15-/m1/s1. The summed E-state index contributed by atoms with van der Waals surface area (Å²) in [6.07, 6.45) is 2.91. The van der Waals surface area contributed by atoms with Gasteiger partial charge in [-0.1, -0.05) is 36.7 Å². The third-order valence-corrected chi connectivity index (χ3v) is 4.86. The molecule has 0 spiro atoms. The van der Waals surface area contributed by atoms with E-state index in [9.17, 15) is 4.79 Å². The minimum absolute atomic E-state index is 0.0310. The van der Waals surface area contributed by atoms with Crippen molar-refractivity contribution in [1.29, 1.82) is 0 Å². The molecule has 0 aliphatic carbocycles. The van der Waals surface area contributed by atoms with Crippen molar-refractivity contribution in [3.63, 3.8) is 0 Å². The van der Waals surface area contributed by atoms with E-state index in [2.05, 4.69) is 18.4 Å². The van der Waals surface area contributed by atoms with Gasteiger partial charge in [-0.2, -0.15) is 0 Å². The summed E-state index contributed by atoms with van der Waals surface area (Å²) in [6, 6.07) is 12.0. The topological polar surface area (TPSA) is 25.2 Å². The normalized spacial score (nSPS) is 13.5. The van der Waals surface area contributed by atoms with Crippen LogP contribution < -0.4 is 0 Å². The van der Waals surface area contributed by atoms with Gasteiger partial charge >= 0.3 is 0 Å². The maximum absolute atomic E-state index is 12.5. The van der Waals surface area contributed by atoms with Crippen molar-refractivity contribution in [2.45, 2.75) is 51.7 Å². The van der Waals surface area contributed by atoms with Gasteiger partial charge in [0.2, 0.25) is 5.91 Å². The van der Waals surface area contributed by atoms with Crippen LogP contribution in [0.2, 0.25) is 5.02 Å². The average Bonchev–Trinajstić information content (AvgIpc) is 3.00. The first-order chi connectivity index (χ1) is 11.4. The number of hydrogen-bond donors (Lipinski definition) is 0. The van der Waals surface area contributed by atoms with Gasteiger partial charge in [0.15, 0.2) is 0 Å². The molecule has 0 aliphatic rings. The Morgan fingerprint density at radius 2 is 1.92 bits per heavy atom. The summed E-state index contributed by atoms with van der Waals surface area (Å²) >= 11 is 12.3. The number of carbonyl (C=O) groups excluding carboxylic acids is 1. The molecule has 1 aromatic carbocycles. The van der Waals surface area contributed by atoms with Gasteiger partial charge in [0.1, 0.15) is 5.38 Å². The summed E-state index contributed by atoms with van der Waals surface area (Å²) < 4.78 is 2.13. The van der Waals surface area contributed by atoms with Gasteiger partial charge in [0, 0.05) is 29.5 Å². The molecular weight excluding hydrogens is 343 g/mol. The zero-order valence-corrected chi connectivity index (χ0v) is 15.9. The van der Waals surface area contributed by atoms with Crippen molar-refractivity contribution in [2.75, 3.05) is 0 Å². The molecule has 2 rings (SSSR count). The first kappa shape index (κ1) is 18.9. The second-order valence-corrected chi connectivity index (χ2v) is 7.12. The second-order valence-electron chi connectivity index (χ2n) is 6.06. The van der Waals surface area contributed by atoms with Crippen molar-refractivity contribution in [2.24, 2.45) is 0 Å². The van der Waals surface area contributed by atoms with Crippen molar-refractivity contribution >= 4 is 29.1 Å². The second kappa shape index (κ2) is 8.59. The molecule has 1 amide bonds. The molecule has 0 fully saturated rings. The lowest BCUT2D eigenvalue weighted by Gasteiger charge is -2.30. The van der Waals surface area contributed by atoms with Gasteiger partial charge in [0.25, 0.3) is 0 Å². The van der Waals surface area contributed by atoms with Crippen LogP contribution in [0.4, 0.5) is 0 Å². The SMILES string of the molecule is CC[C@@H](C)N(Cc1cccn1Cc1ccccc1Cl)C(=O)[C@@H](C)Cl. The highest BCUT2D eigenvalue weighted by molar-refractivity contribution is 6.31. The van der Waals surface area contributed by atoms with Crippen LogP contribution in [0.15, 0.2) is 42.6 Å². The van der Waals surface area contributed by atoms with Gasteiger partial charge in [-0.25, -0.2) is 0 Å². The Morgan fingerprint density at radius 3 is 2.54 bits per heavy atom. The number of rotatable bonds is 7. The highest BCUT2D eigenvalue weighted by Crippen LogP contribution is 2.19. The number of benzene rings is 1. The minimum Gasteiger partial charge on any atom is -0.345 e. The molecule has 0 saturated heterocycles. The molecule has 24 heavy (non-hydrogen) atoms. The van der Waals surface area contributed by atoms with E-state index >= 15 is 0 Å². The van der Waals surface area contributed by atoms with Gasteiger partial charge in [0.05, 0.1) is 6.54 Å². The highest BCUT2D eigenvalue weighted by atomic mass is 35.5. The molecule has 1 heterocycles. The number of alkyl halides is 1. The first-order valence-electron chi connectivity index (χ1n) is 8.26. The smallest absolute Gasteiger partial charge is 0.240 e. The Hall–Kier alpha value is -1.45. The Balaban J connectivity index is 2.22. The van der Waals surface area contributed by atoms with Crippen LogP contribution in [0.25, 0.3) is 0 Å². The van der Waals surface area contributed by atoms with Gasteiger partial charge < -0.3 is 9.47 Å². The Kier molecular flexibility index (Phi) is 6.76. The summed E-state index contributed by atoms with van der Waals surface area (Å²) in [7, 11) is 0. The van der Waals surface area contributed by atoms with Crippen molar-refractivity contribution in [1.82, 2.24) is 9.47 Å². The van der Waals surface area contributed by atoms with Crippen LogP contribution in [-0.4, -0.2) is 26.8 Å². The summed E-state index contributed by atoms with van der Waals surface area (Å²) in [4.78, 5) is 14.3. The third kappa shape index (κ3) is 4.55. The summed E-state index contributed by atoms with van der Waals surface area (Å²) in [5, 5.41) is 0.229. The maximum Gasteiger partial charge on any atom is 0.240 e. The van der Waals surface area contributed by atoms with Gasteiger partial charge in [-0.05, 0) is 44.0 Å². The van der Waals surface area contributed by atoms with Crippen LogP contribution in [0.1, 0.15) is 38.4 Å². The van der Waals surface area contributed by atoms with E-state index < -0.39 is 5.38 Å². The quantitative estimate of drug-likeness (QED) is 0.636. The number of carbonyl (C=O) groups is 1. The zero-order valence-electron chi connectivity index (χ0n) is 14.4. The van der Waals surface area contributed by atoms with Crippen LogP contribution in [0, 0.1) is 0 Å². The molecule has 5 heteroatoms. The molecule has 0 aliphatic heterocycles. The fraction of sp³-hybridized carbons (Fsp3) is 0.421. The van der Waals surface area contributed by atoms with Crippen LogP contribution in [0.3, 0.4) is 0 Å². The Bertz CT molecular complexity index is 682. The summed E-state index contributed by atoms with van der Waals surface area (Å²) in [5.74, 6) is -0.0310. The average molecular weight is 367 g/mol. The van der Waals surface area contributed by atoms with Gasteiger partial charge in [-0.15, -0.1) is 11.6 Å². The first-order valence-corrected chi connectivity index (χ1v) is 9.07. The molecule has 0 saturated carbocycles. The number of hydrogen-bond acceptors (Lipinski definition) is 1. The number of nitrogens with zero attached hydrogens (tertiary/aromatic N) is 2. The Labute approximate surface area is 154 Å². The molecule has 2 aromatic rings. The zero-order chi connectivity index (χ0) is 17.7. The van der Waals surface area contributed by atoms with E-state index in [0.717, 1.165) is 22.7 Å². The van der Waals surface area contributed by atoms with Crippen molar-refractivity contribution < 1.29 is 4.79 Å². The molecular formula is C19H24Cl2N2O. The predicted octanol–water partition coefficient (Wildman–Crippen LogP) is 4.94. The van der Waals surface area contributed by atoms with E-state index in [1.807, 2.05) is 47.5 Å². The molecule has 0 bridgehead atoms. The molecule has 2 atom stereocenters. The van der Waals surface area contributed by atoms with Gasteiger partial charge in [-0.3, -0.25) is 4.79 Å². The highest BCUT2D eigenvalue weighted by Gasteiger charge is 2.23. The molecule has 3 nitrogen and oxygen atoms in total. The lowest BCUT2D eigenvalue weighted by molar-refractivity contribution is -0.133. The van der Waals surface area contributed by atoms with Crippen molar-refractivity contribution in [3.05, 3.63) is 58.9 Å². The number of aromatic nitrogens is 1. The monoisotopic (exact) mass is 366 g/mol. The molecule has 130 valence electrons. The van der Waals surface area contributed by atoms with E-state index in [1.165, 1.54) is 0 Å². The largest absolute Gasteiger partial charge is 0.345 e. The summed E-state index contributed by atoms with van der Waals surface area (Å²) in [6.45, 7) is 7.08. The van der Waals surface area contributed by atoms with Crippen LogP contribution >= 0.6 is 23.2 Å². The van der Waals surface area contributed by atoms with Crippen LogP contribution in [0.5, 0.6) is 0 Å². The van der Waals surface area contributed by atoms with E-state index in [-0.39, 0.29) is 11.9 Å². The number of halogens is 2. The number of amides is 1. The van der Waals surface area contributed by atoms with E-state index in [0.29, 0.717) is 13.1 Å². The Morgan fingerprint density at radius 1 is 1.21 bits per heavy atom. The van der Waals surface area contributed by atoms with E-state index in [4.69, 9.17) is 23.2 Å². The molecule has 0 N–H and O–H groups in total. The van der Waals surface area contributed by atoms with E-state index in [1.54, 1.807) is 6.92 Å². The summed E-state index contributed by atoms with van der Waals surface area (Å²) in [5.41, 5.74) is 2.13. The molecule has 0 radical (unpaired) electrons. The van der Waals surface area contributed by atoms with Crippen molar-refractivity contribution in [3.8, 4) is 0 Å². The maximum atomic E-state index is 12.5. The predicted molar refractivity (Wildman–Crippen MR) is 101 cm³/mol. The molecule has 0 unspecified atom stereocenters. The third-order valence-electron chi connectivity index (χ3n) is 4.30. The lowest BCUT2D eigenvalue weighted by atomic mass is 10.2. The lowest BCUT2D eigenvalue weighted by Crippen LogP contribution is -2.41. The fourth-order valence-corrected chi connectivity index (χ4v) is 2.95. The molecule has 1 aromatic heterocycles. The van der Waals surface area contributed by atoms with Crippen LogP contribution in [-0.2, 0) is 17.9 Å². The fourth-order valence-electron chi connectivity index (χ4n) is 2.63.